The van der Waals surface area contributed by atoms with Gasteiger partial charge in [0.15, 0.2) is 0 Å². The largest absolute Gasteiger partial charge is 0.248 e. The van der Waals surface area contributed by atoms with Gasteiger partial charge in [0.25, 0.3) is 0 Å². The average Bonchev–Trinajstić information content (AvgIpc) is 1.59. The summed E-state index contributed by atoms with van der Waals surface area (Å²) < 4.78 is 0. The number of rotatable bonds is 3. The van der Waals surface area contributed by atoms with E-state index in [0.29, 0.717) is 0 Å². The van der Waals surface area contributed by atoms with E-state index in [-0.39, 0.29) is 7.92 Å². The molecule has 0 rings (SSSR count). The Labute approximate surface area is 69.1 Å². The second kappa shape index (κ2) is 4.18. The van der Waals surface area contributed by atoms with E-state index in [0.717, 1.165) is 6.04 Å². The lowest BCUT2D eigenvalue weighted by atomic mass is 11.0. The maximum atomic E-state index is 5.89. The van der Waals surface area contributed by atoms with Crippen LogP contribution >= 0.6 is 30.1 Å². The van der Waals surface area contributed by atoms with E-state index < -0.39 is 6.69 Å². The van der Waals surface area contributed by atoms with E-state index in [1.165, 1.54) is 6.16 Å². The molecule has 0 N–H and O–H groups in total. The van der Waals surface area contributed by atoms with E-state index in [9.17, 15) is 0 Å². The molecule has 0 spiro atoms. The van der Waals surface area contributed by atoms with Gasteiger partial charge in [0.1, 0.15) is 0 Å². The molecule has 0 saturated heterocycles. The van der Waals surface area contributed by atoms with E-state index in [4.69, 9.17) is 22.2 Å². The molecule has 0 aliphatic carbocycles. The van der Waals surface area contributed by atoms with Crippen molar-refractivity contribution < 1.29 is 0 Å². The molecule has 9 heavy (non-hydrogen) atoms. The van der Waals surface area contributed by atoms with Crippen LogP contribution in [0.15, 0.2) is 0 Å². The minimum atomic E-state index is -1.76. The van der Waals surface area contributed by atoms with Crippen molar-refractivity contribution >= 4 is 36.8 Å². The molecule has 4 heteroatoms. The highest BCUT2D eigenvalue weighted by Crippen LogP contribution is 2.31. The molecule has 56 valence electrons. The zero-order chi connectivity index (χ0) is 7.49. The molecule has 0 bridgehead atoms. The molecule has 0 saturated carbocycles. The monoisotopic (exact) mass is 202 g/mol. The molecule has 0 aromatic heterocycles. The molecule has 0 aromatic rings. The Bertz CT molecular complexity index is 79.5. The fourth-order valence-corrected chi connectivity index (χ4v) is 5.30. The Morgan fingerprint density at radius 3 is 1.89 bits per heavy atom. The smallest absolute Gasteiger partial charge is 0.146 e. The van der Waals surface area contributed by atoms with E-state index in [1.54, 1.807) is 0 Å². The Hall–Kier alpha value is 1.23. The van der Waals surface area contributed by atoms with Gasteiger partial charge in [-0.2, -0.15) is 0 Å². The van der Waals surface area contributed by atoms with Gasteiger partial charge in [-0.3, -0.25) is 0 Å². The van der Waals surface area contributed by atoms with Gasteiger partial charge in [-0.05, 0) is 32.1 Å². The third-order valence-corrected chi connectivity index (χ3v) is 4.80. The summed E-state index contributed by atoms with van der Waals surface area (Å²) in [5.74, 6) is 0. The highest BCUT2D eigenvalue weighted by molar-refractivity contribution is 7.56. The summed E-state index contributed by atoms with van der Waals surface area (Å²) in [5.41, 5.74) is 0. The maximum Gasteiger partial charge on any atom is 0.248 e. The van der Waals surface area contributed by atoms with Gasteiger partial charge in [-0.25, -0.2) is 0 Å². The molecular formula is C5H13Cl2PSi. The molecule has 0 aliphatic heterocycles. The summed E-state index contributed by atoms with van der Waals surface area (Å²) in [6, 6.07) is 1.05. The predicted octanol–water partition coefficient (Wildman–Crippen LogP) is 3.28. The van der Waals surface area contributed by atoms with Gasteiger partial charge in [0.2, 0.25) is 6.69 Å². The van der Waals surface area contributed by atoms with Gasteiger partial charge in [-0.15, -0.1) is 30.1 Å². The molecular weight excluding hydrogens is 190 g/mol. The van der Waals surface area contributed by atoms with E-state index in [2.05, 4.69) is 13.3 Å². The van der Waals surface area contributed by atoms with Gasteiger partial charge < -0.3 is 0 Å². The summed E-state index contributed by atoms with van der Waals surface area (Å²) in [6.07, 6.45) is 1.23. The first kappa shape index (κ1) is 10.2. The standard InChI is InChI=1S/C5H13Cl2PSi/c1-8(2)4-5-9(3,6)7/h4-5H2,1-3H3. The zero-order valence-corrected chi connectivity index (χ0v) is 9.52. The van der Waals surface area contributed by atoms with Crippen LogP contribution < -0.4 is 0 Å². The highest BCUT2D eigenvalue weighted by atomic mass is 35.7. The average molecular weight is 203 g/mol. The molecule has 0 heterocycles. The van der Waals surface area contributed by atoms with Gasteiger partial charge in [-0.1, -0.05) is 0 Å². The number of hydrogen-bond acceptors (Lipinski definition) is 0. The minimum Gasteiger partial charge on any atom is -0.146 e. The number of halogens is 2. The van der Waals surface area contributed by atoms with Crippen molar-refractivity contribution in [3.8, 4) is 0 Å². The molecule has 0 aliphatic rings. The molecule has 0 aromatic carbocycles. The van der Waals surface area contributed by atoms with Crippen LogP contribution in [0.2, 0.25) is 12.6 Å². The van der Waals surface area contributed by atoms with Crippen molar-refractivity contribution in [3.05, 3.63) is 0 Å². The normalized spacial score (nSPS) is 12.7. The summed E-state index contributed by atoms with van der Waals surface area (Å²) in [5, 5.41) is 0. The first-order valence-corrected chi connectivity index (χ1v) is 10.1. The summed E-state index contributed by atoms with van der Waals surface area (Å²) in [7, 11) is 0.201. The van der Waals surface area contributed by atoms with Crippen molar-refractivity contribution in [2.75, 3.05) is 19.5 Å². The van der Waals surface area contributed by atoms with Gasteiger partial charge in [0, 0.05) is 0 Å². The highest BCUT2D eigenvalue weighted by Gasteiger charge is 2.20. The van der Waals surface area contributed by atoms with Crippen LogP contribution in [0.3, 0.4) is 0 Å². The Kier molecular flexibility index (Phi) is 4.75. The van der Waals surface area contributed by atoms with Crippen molar-refractivity contribution in [1.82, 2.24) is 0 Å². The summed E-state index contributed by atoms with van der Waals surface area (Å²) >= 11 is 11.8. The lowest BCUT2D eigenvalue weighted by Gasteiger charge is -2.11. The first-order chi connectivity index (χ1) is 3.92. The third-order valence-electron chi connectivity index (χ3n) is 0.998. The van der Waals surface area contributed by atoms with Crippen molar-refractivity contribution in [1.29, 1.82) is 0 Å². The van der Waals surface area contributed by atoms with E-state index in [1.807, 2.05) is 6.55 Å². The Balaban J connectivity index is 3.28. The number of hydrogen-bond donors (Lipinski definition) is 0. The molecule has 0 radical (unpaired) electrons. The van der Waals surface area contributed by atoms with Gasteiger partial charge >= 0.3 is 0 Å². The quantitative estimate of drug-likeness (QED) is 0.375. The van der Waals surface area contributed by atoms with Crippen LogP contribution in [-0.4, -0.2) is 26.2 Å². The lowest BCUT2D eigenvalue weighted by Crippen LogP contribution is -2.13. The van der Waals surface area contributed by atoms with Crippen molar-refractivity contribution in [3.63, 3.8) is 0 Å². The second-order valence-corrected chi connectivity index (χ2v) is 13.5. The van der Waals surface area contributed by atoms with Crippen LogP contribution in [0.1, 0.15) is 0 Å². The Morgan fingerprint density at radius 2 is 1.78 bits per heavy atom. The van der Waals surface area contributed by atoms with Crippen LogP contribution in [0.5, 0.6) is 0 Å². The Morgan fingerprint density at radius 1 is 1.33 bits per heavy atom. The first-order valence-electron chi connectivity index (χ1n) is 2.94. The second-order valence-electron chi connectivity index (χ2n) is 2.62. The minimum absolute atomic E-state index is 0.201. The topological polar surface area (TPSA) is 0 Å². The van der Waals surface area contributed by atoms with E-state index >= 15 is 0 Å². The van der Waals surface area contributed by atoms with Crippen LogP contribution in [-0.2, 0) is 0 Å². The van der Waals surface area contributed by atoms with Crippen molar-refractivity contribution in [2.24, 2.45) is 0 Å². The zero-order valence-electron chi connectivity index (χ0n) is 6.12. The predicted molar refractivity (Wildman–Crippen MR) is 51.8 cm³/mol. The fourth-order valence-electron chi connectivity index (χ4n) is 0.420. The molecule has 0 amide bonds. The summed E-state index contributed by atoms with van der Waals surface area (Å²) in [4.78, 5) is 0. The van der Waals surface area contributed by atoms with Crippen molar-refractivity contribution in [2.45, 2.75) is 12.6 Å². The molecule has 0 nitrogen and oxygen atoms in total. The molecule has 0 fully saturated rings. The fraction of sp³-hybridized carbons (Fsp3) is 1.00. The molecule has 0 unspecified atom stereocenters. The SMILES string of the molecule is CP(C)CC[Si](C)(Cl)Cl. The van der Waals surface area contributed by atoms with Crippen LogP contribution in [0, 0.1) is 0 Å². The summed E-state index contributed by atoms with van der Waals surface area (Å²) in [6.45, 7) is 4.73. The lowest BCUT2D eigenvalue weighted by molar-refractivity contribution is 1.43. The maximum absolute atomic E-state index is 5.89. The van der Waals surface area contributed by atoms with Crippen LogP contribution in [0.25, 0.3) is 0 Å². The third kappa shape index (κ3) is 9.23. The van der Waals surface area contributed by atoms with Gasteiger partial charge in [0.05, 0.1) is 0 Å². The molecule has 0 atom stereocenters. The van der Waals surface area contributed by atoms with Crippen LogP contribution in [0.4, 0.5) is 0 Å².